The van der Waals surface area contributed by atoms with E-state index in [1.807, 2.05) is 0 Å². The summed E-state index contributed by atoms with van der Waals surface area (Å²) >= 11 is 0. The minimum absolute atomic E-state index is 0.716. The van der Waals surface area contributed by atoms with Crippen LogP contribution < -0.4 is 10.6 Å². The Kier molecular flexibility index (Phi) is 3.51. The summed E-state index contributed by atoms with van der Waals surface area (Å²) in [5, 5.41) is 0. The van der Waals surface area contributed by atoms with E-state index in [-0.39, 0.29) is 0 Å². The molecule has 0 bridgehead atoms. The van der Waals surface area contributed by atoms with Crippen molar-refractivity contribution in [1.29, 1.82) is 0 Å². The van der Waals surface area contributed by atoms with Crippen molar-refractivity contribution in [3.8, 4) is 0 Å². The summed E-state index contributed by atoms with van der Waals surface area (Å²) < 4.78 is 0. The number of hydrogen-bond donors (Lipinski definition) is 1. The van der Waals surface area contributed by atoms with E-state index >= 15 is 0 Å². The molecule has 1 heterocycles. The van der Waals surface area contributed by atoms with Crippen molar-refractivity contribution in [3.63, 3.8) is 0 Å². The Morgan fingerprint density at radius 3 is 2.53 bits per heavy atom. The molecule has 0 aliphatic carbocycles. The molecule has 0 atom stereocenters. The molecule has 0 aromatic heterocycles. The van der Waals surface area contributed by atoms with Gasteiger partial charge in [0.2, 0.25) is 0 Å². The second-order valence-corrected chi connectivity index (χ2v) is 5.11. The third-order valence-electron chi connectivity index (χ3n) is 3.88. The van der Waals surface area contributed by atoms with Gasteiger partial charge < -0.3 is 10.6 Å². The van der Waals surface area contributed by atoms with Gasteiger partial charge in [0, 0.05) is 18.8 Å². The first kappa shape index (κ1) is 12.2. The smallest absolute Gasteiger partial charge is 0.0432 e. The molecular weight excluding hydrogens is 232 g/mol. The highest BCUT2D eigenvalue weighted by atomic mass is 15.1. The van der Waals surface area contributed by atoms with Gasteiger partial charge in [-0.15, -0.1) is 0 Å². The molecule has 1 aliphatic heterocycles. The van der Waals surface area contributed by atoms with E-state index in [2.05, 4.69) is 53.4 Å². The second kappa shape index (κ2) is 5.45. The zero-order valence-corrected chi connectivity index (χ0v) is 11.2. The van der Waals surface area contributed by atoms with Gasteiger partial charge in [0.25, 0.3) is 0 Å². The van der Waals surface area contributed by atoms with Crippen LogP contribution in [0.1, 0.15) is 16.7 Å². The van der Waals surface area contributed by atoms with Crippen molar-refractivity contribution < 1.29 is 0 Å². The number of hydrogen-bond acceptors (Lipinski definition) is 2. The van der Waals surface area contributed by atoms with E-state index in [0.29, 0.717) is 6.54 Å². The Labute approximate surface area is 114 Å². The molecule has 0 radical (unpaired) electrons. The van der Waals surface area contributed by atoms with Crippen LogP contribution in [0.2, 0.25) is 0 Å². The molecule has 0 amide bonds. The van der Waals surface area contributed by atoms with Crippen molar-refractivity contribution in [3.05, 3.63) is 65.2 Å². The first-order chi connectivity index (χ1) is 9.38. The van der Waals surface area contributed by atoms with Crippen molar-refractivity contribution in [2.45, 2.75) is 19.4 Å². The zero-order chi connectivity index (χ0) is 13.1. The molecule has 2 N–H and O–H groups in total. The van der Waals surface area contributed by atoms with Gasteiger partial charge in [-0.2, -0.15) is 0 Å². The molecule has 2 aromatic carbocycles. The van der Waals surface area contributed by atoms with E-state index in [1.54, 1.807) is 0 Å². The maximum atomic E-state index is 5.70. The van der Waals surface area contributed by atoms with E-state index in [4.69, 9.17) is 5.73 Å². The fraction of sp³-hybridized carbons (Fsp3) is 0.294. The second-order valence-electron chi connectivity index (χ2n) is 5.11. The first-order valence-corrected chi connectivity index (χ1v) is 6.98. The molecule has 0 saturated heterocycles. The summed E-state index contributed by atoms with van der Waals surface area (Å²) in [4.78, 5) is 2.48. The van der Waals surface area contributed by atoms with Crippen LogP contribution in [-0.2, 0) is 19.4 Å². The minimum Gasteiger partial charge on any atom is -0.367 e. The molecule has 2 aromatic rings. The minimum atomic E-state index is 0.716. The SMILES string of the molecule is NCCc1ccccc1CN1CCc2ccccc21. The standard InChI is InChI=1S/C17H20N2/c18-11-9-14-5-1-2-7-16(14)13-19-12-10-15-6-3-4-8-17(15)19/h1-8H,9-13,18H2. The average molecular weight is 252 g/mol. The normalized spacial score (nSPS) is 13.6. The van der Waals surface area contributed by atoms with Gasteiger partial charge in [-0.05, 0) is 42.1 Å². The van der Waals surface area contributed by atoms with Crippen molar-refractivity contribution in [1.82, 2.24) is 0 Å². The maximum Gasteiger partial charge on any atom is 0.0432 e. The molecule has 0 saturated carbocycles. The Morgan fingerprint density at radius 2 is 1.68 bits per heavy atom. The number of para-hydroxylation sites is 1. The lowest BCUT2D eigenvalue weighted by molar-refractivity contribution is 0.820. The van der Waals surface area contributed by atoms with Gasteiger partial charge in [-0.1, -0.05) is 42.5 Å². The van der Waals surface area contributed by atoms with E-state index in [0.717, 1.165) is 25.9 Å². The number of rotatable bonds is 4. The molecule has 2 heteroatoms. The molecule has 1 aliphatic rings. The lowest BCUT2D eigenvalue weighted by atomic mass is 10.0. The van der Waals surface area contributed by atoms with Gasteiger partial charge >= 0.3 is 0 Å². The average Bonchev–Trinajstić information content (AvgIpc) is 2.85. The quantitative estimate of drug-likeness (QED) is 0.906. The fourth-order valence-corrected chi connectivity index (χ4v) is 2.89. The highest BCUT2D eigenvalue weighted by Gasteiger charge is 2.18. The van der Waals surface area contributed by atoms with Crippen LogP contribution in [0.4, 0.5) is 5.69 Å². The lowest BCUT2D eigenvalue weighted by Crippen LogP contribution is -2.21. The topological polar surface area (TPSA) is 29.3 Å². The van der Waals surface area contributed by atoms with Gasteiger partial charge in [0.15, 0.2) is 0 Å². The van der Waals surface area contributed by atoms with Crippen molar-refractivity contribution in [2.75, 3.05) is 18.0 Å². The highest BCUT2D eigenvalue weighted by molar-refractivity contribution is 5.58. The van der Waals surface area contributed by atoms with Crippen LogP contribution in [0.15, 0.2) is 48.5 Å². The van der Waals surface area contributed by atoms with Crippen molar-refractivity contribution >= 4 is 5.69 Å². The van der Waals surface area contributed by atoms with E-state index < -0.39 is 0 Å². The van der Waals surface area contributed by atoms with Crippen LogP contribution in [-0.4, -0.2) is 13.1 Å². The molecule has 0 fully saturated rings. The third kappa shape index (κ3) is 2.49. The lowest BCUT2D eigenvalue weighted by Gasteiger charge is -2.21. The number of nitrogens with two attached hydrogens (primary N) is 1. The summed E-state index contributed by atoms with van der Waals surface area (Å²) in [6.07, 6.45) is 2.13. The van der Waals surface area contributed by atoms with Crippen LogP contribution in [0.25, 0.3) is 0 Å². The Morgan fingerprint density at radius 1 is 0.947 bits per heavy atom. The highest BCUT2D eigenvalue weighted by Crippen LogP contribution is 2.29. The Bertz CT molecular complexity index is 563. The molecule has 19 heavy (non-hydrogen) atoms. The third-order valence-corrected chi connectivity index (χ3v) is 3.88. The summed E-state index contributed by atoms with van der Waals surface area (Å²) in [7, 11) is 0. The van der Waals surface area contributed by atoms with Gasteiger partial charge in [-0.3, -0.25) is 0 Å². The van der Waals surface area contributed by atoms with Crippen LogP contribution in [0.5, 0.6) is 0 Å². The predicted molar refractivity (Wildman–Crippen MR) is 80.4 cm³/mol. The van der Waals surface area contributed by atoms with Crippen molar-refractivity contribution in [2.24, 2.45) is 5.73 Å². The Balaban J connectivity index is 1.83. The van der Waals surface area contributed by atoms with Crippen LogP contribution in [0, 0.1) is 0 Å². The predicted octanol–water partition coefficient (Wildman–Crippen LogP) is 2.75. The van der Waals surface area contributed by atoms with Crippen LogP contribution >= 0.6 is 0 Å². The summed E-state index contributed by atoms with van der Waals surface area (Å²) in [5.41, 5.74) is 11.4. The monoisotopic (exact) mass is 252 g/mol. The fourth-order valence-electron chi connectivity index (χ4n) is 2.89. The molecule has 2 nitrogen and oxygen atoms in total. The van der Waals surface area contributed by atoms with Gasteiger partial charge in [-0.25, -0.2) is 0 Å². The molecular formula is C17H20N2. The van der Waals surface area contributed by atoms with E-state index in [9.17, 15) is 0 Å². The molecule has 98 valence electrons. The molecule has 3 rings (SSSR count). The zero-order valence-electron chi connectivity index (χ0n) is 11.2. The number of nitrogens with zero attached hydrogens (tertiary/aromatic N) is 1. The summed E-state index contributed by atoms with van der Waals surface area (Å²) in [6.45, 7) is 2.83. The maximum absolute atomic E-state index is 5.70. The largest absolute Gasteiger partial charge is 0.367 e. The Hall–Kier alpha value is -1.80. The van der Waals surface area contributed by atoms with E-state index in [1.165, 1.54) is 22.4 Å². The van der Waals surface area contributed by atoms with Gasteiger partial charge in [0.05, 0.1) is 0 Å². The molecule has 0 unspecified atom stereocenters. The number of benzene rings is 2. The number of fused-ring (bicyclic) bond motifs is 1. The molecule has 0 spiro atoms. The summed E-state index contributed by atoms with van der Waals surface area (Å²) in [5.74, 6) is 0. The van der Waals surface area contributed by atoms with Gasteiger partial charge in [0.1, 0.15) is 0 Å². The van der Waals surface area contributed by atoms with Crippen LogP contribution in [0.3, 0.4) is 0 Å². The number of anilines is 1. The first-order valence-electron chi connectivity index (χ1n) is 6.98. The summed E-state index contributed by atoms with van der Waals surface area (Å²) in [6, 6.07) is 17.4.